The molecule has 2 aromatic heterocycles. The first kappa shape index (κ1) is 29.3. The third kappa shape index (κ3) is 8.36. The maximum atomic E-state index is 13.2. The largest absolute Gasteiger partial charge is 0.344 e. The molecule has 1 N–H and O–H groups in total. The van der Waals surface area contributed by atoms with Crippen molar-refractivity contribution >= 4 is 17.7 Å². The number of likely N-dealkylation sites (N-methyl/N-ethyl adjacent to an activating group) is 1. The Morgan fingerprint density at radius 1 is 1.18 bits per heavy atom. The fraction of sp³-hybridized carbons (Fsp3) is 0.643. The Bertz CT molecular complexity index is 1070. The molecule has 2 aromatic rings. The van der Waals surface area contributed by atoms with Gasteiger partial charge in [-0.15, -0.1) is 0 Å². The predicted octanol–water partition coefficient (Wildman–Crippen LogP) is 3.07. The van der Waals surface area contributed by atoms with Crippen LogP contribution in [0.3, 0.4) is 0 Å². The van der Waals surface area contributed by atoms with Crippen LogP contribution in [0.15, 0.2) is 24.5 Å². The van der Waals surface area contributed by atoms with Gasteiger partial charge in [-0.2, -0.15) is 5.10 Å². The lowest BCUT2D eigenvalue weighted by Gasteiger charge is -2.29. The zero-order valence-electron chi connectivity index (χ0n) is 23.5. The highest BCUT2D eigenvalue weighted by atomic mass is 16.2. The molecule has 0 aliphatic carbocycles. The van der Waals surface area contributed by atoms with Gasteiger partial charge in [0.15, 0.2) is 0 Å². The van der Waals surface area contributed by atoms with E-state index in [2.05, 4.69) is 40.3 Å². The monoisotopic (exact) mass is 525 g/mol. The van der Waals surface area contributed by atoms with Gasteiger partial charge in [0.2, 0.25) is 17.7 Å². The normalized spacial score (nSPS) is 19.7. The summed E-state index contributed by atoms with van der Waals surface area (Å²) in [5, 5.41) is 7.71. The van der Waals surface area contributed by atoms with Crippen LogP contribution < -0.4 is 5.32 Å². The highest BCUT2D eigenvalue weighted by Gasteiger charge is 2.29. The zero-order chi connectivity index (χ0) is 27.7. The fourth-order valence-corrected chi connectivity index (χ4v) is 4.76. The average molecular weight is 526 g/mol. The van der Waals surface area contributed by atoms with Crippen LogP contribution in [0.5, 0.6) is 0 Å². The number of fused-ring (bicyclic) bond motifs is 1. The standard InChI is InChI=1S/C28H43N7O3/c1-20(2)18-24-27-30-22(4)32-35(27)17-16-34(15-9-13-25(36)33(5)21(3)28(38)31-24)26(37)12-7-6-10-23-11-8-14-29-19-23/h8,11,14,19-21,24H,6-7,9-10,12-13,15-18H2,1-5H3,(H,31,38)/t21-,24+/m0/s1. The van der Waals surface area contributed by atoms with Crippen molar-refractivity contribution in [3.63, 3.8) is 0 Å². The summed E-state index contributed by atoms with van der Waals surface area (Å²) >= 11 is 0. The molecule has 1 aliphatic rings. The number of hydrogen-bond acceptors (Lipinski definition) is 6. The smallest absolute Gasteiger partial charge is 0.243 e. The number of carbonyl (C=O) groups excluding carboxylic acids is 3. The van der Waals surface area contributed by atoms with Crippen molar-refractivity contribution in [1.29, 1.82) is 0 Å². The van der Waals surface area contributed by atoms with Crippen molar-refractivity contribution in [3.05, 3.63) is 41.7 Å². The van der Waals surface area contributed by atoms with Crippen LogP contribution in [-0.4, -0.2) is 73.4 Å². The molecule has 1 aliphatic heterocycles. The minimum absolute atomic E-state index is 0.0860. The highest BCUT2D eigenvalue weighted by molar-refractivity contribution is 5.87. The van der Waals surface area contributed by atoms with Crippen molar-refractivity contribution in [1.82, 2.24) is 34.9 Å². The second-order valence-corrected chi connectivity index (χ2v) is 10.7. The van der Waals surface area contributed by atoms with Crippen LogP contribution in [0.2, 0.25) is 0 Å². The Kier molecular flexibility index (Phi) is 10.8. The van der Waals surface area contributed by atoms with Gasteiger partial charge >= 0.3 is 0 Å². The number of amides is 3. The summed E-state index contributed by atoms with van der Waals surface area (Å²) < 4.78 is 1.83. The van der Waals surface area contributed by atoms with E-state index in [9.17, 15) is 14.4 Å². The maximum absolute atomic E-state index is 13.2. The van der Waals surface area contributed by atoms with Crippen molar-refractivity contribution in [2.45, 2.75) is 91.3 Å². The Hall–Kier alpha value is -3.30. The molecule has 208 valence electrons. The van der Waals surface area contributed by atoms with Gasteiger partial charge in [-0.3, -0.25) is 19.4 Å². The molecular weight excluding hydrogens is 482 g/mol. The highest BCUT2D eigenvalue weighted by Crippen LogP contribution is 2.21. The molecule has 0 fully saturated rings. The molecular formula is C28H43N7O3. The van der Waals surface area contributed by atoms with Crippen LogP contribution in [-0.2, 0) is 27.3 Å². The van der Waals surface area contributed by atoms with Crippen LogP contribution in [0, 0.1) is 12.8 Å². The summed E-state index contributed by atoms with van der Waals surface area (Å²) in [4.78, 5) is 51.3. The molecule has 0 bridgehead atoms. The summed E-state index contributed by atoms with van der Waals surface area (Å²) in [5.41, 5.74) is 1.17. The molecule has 10 nitrogen and oxygen atoms in total. The first-order valence-corrected chi connectivity index (χ1v) is 13.8. The van der Waals surface area contributed by atoms with Gasteiger partial charge in [-0.05, 0) is 63.5 Å². The molecule has 0 saturated heterocycles. The fourth-order valence-electron chi connectivity index (χ4n) is 4.76. The number of hydrogen-bond donors (Lipinski definition) is 1. The van der Waals surface area contributed by atoms with E-state index in [1.54, 1.807) is 20.2 Å². The van der Waals surface area contributed by atoms with Gasteiger partial charge in [0.05, 0.1) is 12.6 Å². The van der Waals surface area contributed by atoms with Crippen molar-refractivity contribution in [3.8, 4) is 0 Å². The van der Waals surface area contributed by atoms with E-state index in [1.807, 2.05) is 28.8 Å². The number of aryl methyl sites for hydroxylation is 2. The Labute approximate surface area is 226 Å². The number of nitrogens with zero attached hydrogens (tertiary/aromatic N) is 6. The number of rotatable bonds is 7. The third-order valence-electron chi connectivity index (χ3n) is 7.08. The number of carbonyl (C=O) groups is 3. The molecule has 0 aromatic carbocycles. The second kappa shape index (κ2) is 14.0. The minimum atomic E-state index is -0.616. The molecule has 0 spiro atoms. The van der Waals surface area contributed by atoms with Crippen molar-refractivity contribution in [2.24, 2.45) is 5.92 Å². The molecule has 3 rings (SSSR count). The van der Waals surface area contributed by atoms with Gasteiger partial charge in [0.25, 0.3) is 0 Å². The summed E-state index contributed by atoms with van der Waals surface area (Å²) in [6.07, 6.45) is 8.19. The van der Waals surface area contributed by atoms with Crippen LogP contribution in [0.4, 0.5) is 0 Å². The van der Waals surface area contributed by atoms with Gasteiger partial charge in [0.1, 0.15) is 17.7 Å². The minimum Gasteiger partial charge on any atom is -0.344 e. The second-order valence-electron chi connectivity index (χ2n) is 10.7. The third-order valence-corrected chi connectivity index (χ3v) is 7.08. The van der Waals surface area contributed by atoms with Gasteiger partial charge < -0.3 is 15.1 Å². The molecule has 3 amide bonds. The molecule has 0 saturated carbocycles. The van der Waals surface area contributed by atoms with E-state index in [0.717, 1.165) is 19.3 Å². The zero-order valence-corrected chi connectivity index (χ0v) is 23.5. The first-order valence-electron chi connectivity index (χ1n) is 13.8. The topological polar surface area (TPSA) is 113 Å². The number of pyridine rings is 1. The summed E-state index contributed by atoms with van der Waals surface area (Å²) in [5.74, 6) is 1.39. The lowest BCUT2D eigenvalue weighted by Crippen LogP contribution is -2.47. The Morgan fingerprint density at radius 3 is 2.68 bits per heavy atom. The number of unbranched alkanes of at least 4 members (excludes halogenated alkanes) is 1. The molecule has 3 heterocycles. The lowest BCUT2D eigenvalue weighted by molar-refractivity contribution is -0.139. The van der Waals surface area contributed by atoms with Crippen molar-refractivity contribution in [2.75, 3.05) is 20.1 Å². The molecule has 0 radical (unpaired) electrons. The predicted molar refractivity (Wildman–Crippen MR) is 145 cm³/mol. The maximum Gasteiger partial charge on any atom is 0.243 e. The number of nitrogens with one attached hydrogen (secondary N) is 1. The Balaban J connectivity index is 1.75. The van der Waals surface area contributed by atoms with E-state index in [1.165, 1.54) is 10.5 Å². The summed E-state index contributed by atoms with van der Waals surface area (Å²) in [6.45, 7) is 9.20. The van der Waals surface area contributed by atoms with E-state index in [0.29, 0.717) is 56.5 Å². The SMILES string of the molecule is Cc1nc2n(n1)CCN(C(=O)CCCCc1cccnc1)CCCC(=O)N(C)[C@@H](C)C(=O)N[C@@H]2CC(C)C. The molecule has 2 atom stereocenters. The van der Waals surface area contributed by atoms with Crippen LogP contribution >= 0.6 is 0 Å². The van der Waals surface area contributed by atoms with Crippen LogP contribution in [0.1, 0.15) is 82.6 Å². The van der Waals surface area contributed by atoms with E-state index in [-0.39, 0.29) is 30.2 Å². The molecule has 0 unspecified atom stereocenters. The first-order chi connectivity index (χ1) is 18.2. The van der Waals surface area contributed by atoms with E-state index >= 15 is 0 Å². The molecule has 10 heteroatoms. The number of aromatic nitrogens is 4. The van der Waals surface area contributed by atoms with Crippen molar-refractivity contribution < 1.29 is 14.4 Å². The Morgan fingerprint density at radius 2 is 1.97 bits per heavy atom. The van der Waals surface area contributed by atoms with E-state index in [4.69, 9.17) is 0 Å². The van der Waals surface area contributed by atoms with Gasteiger partial charge in [-0.1, -0.05) is 19.9 Å². The average Bonchev–Trinajstić information content (AvgIpc) is 3.27. The molecule has 38 heavy (non-hydrogen) atoms. The van der Waals surface area contributed by atoms with Gasteiger partial charge in [-0.25, -0.2) is 9.67 Å². The summed E-state index contributed by atoms with van der Waals surface area (Å²) in [6, 6.07) is 3.03. The van der Waals surface area contributed by atoms with Crippen LogP contribution in [0.25, 0.3) is 0 Å². The summed E-state index contributed by atoms with van der Waals surface area (Å²) in [7, 11) is 1.66. The quantitative estimate of drug-likeness (QED) is 0.556. The van der Waals surface area contributed by atoms with Gasteiger partial charge in [0, 0.05) is 45.4 Å². The lowest BCUT2D eigenvalue weighted by atomic mass is 10.0. The van der Waals surface area contributed by atoms with E-state index < -0.39 is 6.04 Å².